The zero-order valence-corrected chi connectivity index (χ0v) is 14.2. The van der Waals surface area contributed by atoms with Crippen molar-refractivity contribution in [1.82, 2.24) is 4.90 Å². The summed E-state index contributed by atoms with van der Waals surface area (Å²) in [6.45, 7) is -0.374. The van der Waals surface area contributed by atoms with E-state index in [1.54, 1.807) is 18.2 Å². The fourth-order valence-electron chi connectivity index (χ4n) is 2.41. The van der Waals surface area contributed by atoms with E-state index in [9.17, 15) is 9.50 Å². The minimum atomic E-state index is -1.90. The van der Waals surface area contributed by atoms with Gasteiger partial charge in [-0.15, -0.1) is 12.6 Å². The lowest BCUT2D eigenvalue weighted by Gasteiger charge is -2.27. The molecule has 0 spiro atoms. The van der Waals surface area contributed by atoms with Crippen LogP contribution in [0.4, 0.5) is 4.39 Å². The fourth-order valence-corrected chi connectivity index (χ4v) is 3.04. The molecule has 0 amide bonds. The number of thiol groups is 1. The van der Waals surface area contributed by atoms with Gasteiger partial charge in [0.1, 0.15) is 7.85 Å². The van der Waals surface area contributed by atoms with Gasteiger partial charge in [-0.2, -0.15) is 5.10 Å². The molecule has 2 atom stereocenters. The number of halogens is 2. The molecule has 118 valence electrons. The number of aliphatic hydroxyl groups is 1. The summed E-state index contributed by atoms with van der Waals surface area (Å²) in [6.07, 6.45) is -0.00508. The summed E-state index contributed by atoms with van der Waals surface area (Å²) in [5.41, 5.74) is -1.40. The molecule has 1 heterocycles. The van der Waals surface area contributed by atoms with Crippen LogP contribution in [0.15, 0.2) is 28.2 Å². The number of hydrogen-bond donors (Lipinski definition) is 3. The van der Waals surface area contributed by atoms with Crippen LogP contribution in [0.2, 0.25) is 5.02 Å². The van der Waals surface area contributed by atoms with Crippen molar-refractivity contribution in [3.05, 3.63) is 28.8 Å². The third kappa shape index (κ3) is 4.13. The summed E-state index contributed by atoms with van der Waals surface area (Å²) >= 11 is 14.3. The van der Waals surface area contributed by atoms with Crippen molar-refractivity contribution >= 4 is 56.0 Å². The van der Waals surface area contributed by atoms with E-state index >= 15 is 0 Å². The molecule has 9 heteroatoms. The number of aliphatic hydroxyl groups excluding tert-OH is 1. The number of benzene rings is 1. The molecule has 0 bridgehead atoms. The Hall–Kier alpha value is -0.825. The van der Waals surface area contributed by atoms with Gasteiger partial charge in [-0.3, -0.25) is 4.39 Å². The monoisotopic (exact) mass is 359 g/mol. The summed E-state index contributed by atoms with van der Waals surface area (Å²) < 4.78 is 14.0. The Kier molecular flexibility index (Phi) is 7.12. The first kappa shape index (κ1) is 19.2. The molecule has 1 aromatic carbocycles. The maximum absolute atomic E-state index is 14.0. The van der Waals surface area contributed by atoms with Crippen molar-refractivity contribution in [2.75, 3.05) is 13.2 Å². The van der Waals surface area contributed by atoms with E-state index in [1.807, 2.05) is 0 Å². The zero-order valence-electron chi connectivity index (χ0n) is 11.7. The van der Waals surface area contributed by atoms with Crippen LogP contribution >= 0.6 is 36.4 Å². The number of thiocarbonyl (C=S) groups is 1. The third-order valence-corrected chi connectivity index (χ3v) is 3.96. The summed E-state index contributed by atoms with van der Waals surface area (Å²) in [5.74, 6) is 8.54. The number of nitrogens with two attached hydrogens (primary N) is 1. The van der Waals surface area contributed by atoms with Crippen LogP contribution in [-0.2, 0) is 0 Å². The van der Waals surface area contributed by atoms with Crippen LogP contribution in [0.5, 0.6) is 0 Å². The largest absolute Gasteiger partial charge is 0.394 e. The van der Waals surface area contributed by atoms with E-state index in [0.29, 0.717) is 15.5 Å². The van der Waals surface area contributed by atoms with E-state index < -0.39 is 11.6 Å². The van der Waals surface area contributed by atoms with Crippen LogP contribution in [0.25, 0.3) is 0 Å². The first-order chi connectivity index (χ1) is 10.4. The molecule has 22 heavy (non-hydrogen) atoms. The Morgan fingerprint density at radius 2 is 2.32 bits per heavy atom. The first-order valence-electron chi connectivity index (χ1n) is 6.29. The molecule has 1 fully saturated rings. The number of nitrogens with zero attached hydrogens (tertiary/aromatic N) is 2. The summed E-state index contributed by atoms with van der Waals surface area (Å²) in [5, 5.41) is 13.5. The zero-order chi connectivity index (χ0) is 16.9. The molecule has 4 nitrogen and oxygen atoms in total. The highest BCUT2D eigenvalue weighted by molar-refractivity contribution is 7.80. The predicted molar refractivity (Wildman–Crippen MR) is 95.9 cm³/mol. The van der Waals surface area contributed by atoms with Crippen molar-refractivity contribution in [3.63, 3.8) is 0 Å². The normalized spacial score (nSPS) is 24.8. The van der Waals surface area contributed by atoms with Crippen molar-refractivity contribution in [3.8, 4) is 0 Å². The lowest BCUT2D eigenvalue weighted by molar-refractivity contribution is 0.207. The molecule has 0 aromatic heterocycles. The Morgan fingerprint density at radius 1 is 1.68 bits per heavy atom. The average molecular weight is 360 g/mol. The second kappa shape index (κ2) is 8.15. The molecule has 1 aromatic rings. The fraction of sp³-hybridized carbons (Fsp3) is 0.385. The minimum absolute atomic E-state index is 0.00508. The van der Waals surface area contributed by atoms with Crippen LogP contribution in [-0.4, -0.2) is 54.3 Å². The highest BCUT2D eigenvalue weighted by Gasteiger charge is 2.42. The Balaban J connectivity index is 0.00000116. The van der Waals surface area contributed by atoms with Crippen LogP contribution < -0.4 is 5.84 Å². The summed E-state index contributed by atoms with van der Waals surface area (Å²) in [4.78, 5) is 2.09. The van der Waals surface area contributed by atoms with E-state index in [4.69, 9.17) is 25.3 Å². The van der Waals surface area contributed by atoms with Crippen LogP contribution in [0, 0.1) is 0 Å². The molecule has 2 unspecified atom stereocenters. The highest BCUT2D eigenvalue weighted by atomic mass is 35.5. The lowest BCUT2D eigenvalue weighted by atomic mass is 9.82. The van der Waals surface area contributed by atoms with E-state index in [1.165, 1.54) is 4.90 Å². The third-order valence-electron chi connectivity index (χ3n) is 3.27. The second-order valence-corrected chi connectivity index (χ2v) is 5.68. The molecular formula is C13H16BClFN3OS2. The van der Waals surface area contributed by atoms with Gasteiger partial charge in [0.2, 0.25) is 0 Å². The van der Waals surface area contributed by atoms with Gasteiger partial charge in [0.05, 0.1) is 28.8 Å². The van der Waals surface area contributed by atoms with Gasteiger partial charge in [-0.1, -0.05) is 29.9 Å². The Morgan fingerprint density at radius 3 is 2.82 bits per heavy atom. The number of likely N-dealkylation sites (tertiary alicyclic amines) is 1. The SMILES string of the molecule is C=S.[B]C1(F)CC(CO)N(/C(=N/N)c2c(S)cccc2Cl)C1. The van der Waals surface area contributed by atoms with Gasteiger partial charge in [0.25, 0.3) is 0 Å². The average Bonchev–Trinajstić information content (AvgIpc) is 2.80. The smallest absolute Gasteiger partial charge is 0.158 e. The van der Waals surface area contributed by atoms with Gasteiger partial charge in [0.15, 0.2) is 5.84 Å². The van der Waals surface area contributed by atoms with Crippen molar-refractivity contribution in [1.29, 1.82) is 0 Å². The first-order valence-corrected chi connectivity index (χ1v) is 7.70. The van der Waals surface area contributed by atoms with Crippen LogP contribution in [0.3, 0.4) is 0 Å². The number of hydrazone groups is 1. The molecule has 1 saturated heterocycles. The van der Waals surface area contributed by atoms with E-state index in [-0.39, 0.29) is 25.4 Å². The molecule has 0 aliphatic carbocycles. The number of alkyl halides is 1. The van der Waals surface area contributed by atoms with Gasteiger partial charge >= 0.3 is 0 Å². The van der Waals surface area contributed by atoms with Crippen LogP contribution in [0.1, 0.15) is 12.0 Å². The summed E-state index contributed by atoms with van der Waals surface area (Å²) in [7, 11) is 5.51. The Labute approximate surface area is 146 Å². The van der Waals surface area contributed by atoms with Gasteiger partial charge in [-0.25, -0.2) is 0 Å². The maximum Gasteiger partial charge on any atom is 0.158 e. The van der Waals surface area contributed by atoms with Gasteiger partial charge in [0, 0.05) is 11.4 Å². The standard InChI is InChI=1S/C12H14BClFN3OS.CH2S/c13-12(15)4-7(5-19)18(6-12)11(17-16)10-8(14)2-1-3-9(10)20;1-2/h1-3,7,19-20H,4-6,16H2;1H2/b17-11+;. The van der Waals surface area contributed by atoms with E-state index in [0.717, 1.165) is 0 Å². The molecule has 2 rings (SSSR count). The molecule has 1 aliphatic rings. The quantitative estimate of drug-likeness (QED) is 0.143. The molecule has 2 radical (unpaired) electrons. The predicted octanol–water partition coefficient (Wildman–Crippen LogP) is 1.77. The molecular weight excluding hydrogens is 344 g/mol. The molecule has 0 saturated carbocycles. The van der Waals surface area contributed by atoms with Crippen molar-refractivity contribution in [2.45, 2.75) is 22.9 Å². The van der Waals surface area contributed by atoms with E-state index in [2.05, 4.69) is 35.8 Å². The van der Waals surface area contributed by atoms with Gasteiger partial charge in [-0.05, 0) is 24.4 Å². The number of hydrogen-bond acceptors (Lipinski definition) is 5. The van der Waals surface area contributed by atoms with Crippen molar-refractivity contribution in [2.24, 2.45) is 10.9 Å². The Bertz CT molecular complexity index is 542. The lowest BCUT2D eigenvalue weighted by Crippen LogP contribution is -2.40. The minimum Gasteiger partial charge on any atom is -0.394 e. The number of amidine groups is 1. The molecule has 1 aliphatic heterocycles. The van der Waals surface area contributed by atoms with Gasteiger partial charge < -0.3 is 15.8 Å². The molecule has 3 N–H and O–H groups in total. The topological polar surface area (TPSA) is 61.8 Å². The highest BCUT2D eigenvalue weighted by Crippen LogP contribution is 2.32. The maximum atomic E-state index is 14.0. The second-order valence-electron chi connectivity index (χ2n) is 4.79. The van der Waals surface area contributed by atoms with Crippen molar-refractivity contribution < 1.29 is 9.50 Å². The number of rotatable bonds is 2. The summed E-state index contributed by atoms with van der Waals surface area (Å²) in [6, 6.07) is 4.62.